The van der Waals surface area contributed by atoms with E-state index in [2.05, 4.69) is 13.2 Å². The molecule has 0 aliphatic rings. The molecule has 0 saturated carbocycles. The van der Waals surface area contributed by atoms with Gasteiger partial charge < -0.3 is 9.47 Å². The van der Waals surface area contributed by atoms with Crippen molar-refractivity contribution in [3.8, 4) is 33.8 Å². The lowest BCUT2D eigenvalue weighted by molar-refractivity contribution is -0.130. The van der Waals surface area contributed by atoms with E-state index >= 15 is 4.39 Å². The highest BCUT2D eigenvalue weighted by Gasteiger charge is 2.13. The standard InChI is InChI=1S/C27H23FO4/c1-6-26(29)31-21-9-11-22(17(4)14-21)20-7-10-23(24(28)15-20)19-8-12-25(18(5)13-19)32-27(30)16(2)3/h6-15H,1-2H2,3-5H3. The van der Waals surface area contributed by atoms with Gasteiger partial charge in [0.25, 0.3) is 0 Å². The van der Waals surface area contributed by atoms with Crippen LogP contribution < -0.4 is 9.47 Å². The zero-order valence-electron chi connectivity index (χ0n) is 18.2. The highest BCUT2D eigenvalue weighted by molar-refractivity contribution is 5.89. The molecule has 0 aliphatic carbocycles. The van der Waals surface area contributed by atoms with Crippen LogP contribution in [0.1, 0.15) is 18.1 Å². The predicted molar refractivity (Wildman–Crippen MR) is 123 cm³/mol. The number of hydrogen-bond acceptors (Lipinski definition) is 4. The first-order chi connectivity index (χ1) is 15.2. The van der Waals surface area contributed by atoms with Crippen LogP contribution in [0.5, 0.6) is 11.5 Å². The molecule has 0 fully saturated rings. The maximum absolute atomic E-state index is 15.0. The van der Waals surface area contributed by atoms with Crippen molar-refractivity contribution in [2.75, 3.05) is 0 Å². The average molecular weight is 430 g/mol. The molecule has 0 N–H and O–H groups in total. The SMILES string of the molecule is C=CC(=O)Oc1ccc(-c2ccc(-c3ccc(OC(=O)C(=C)C)c(C)c3)c(F)c2)c(C)c1. The van der Waals surface area contributed by atoms with Gasteiger partial charge in [0, 0.05) is 17.2 Å². The maximum atomic E-state index is 15.0. The van der Waals surface area contributed by atoms with Crippen molar-refractivity contribution in [2.24, 2.45) is 0 Å². The second-order valence-corrected chi connectivity index (χ2v) is 7.45. The van der Waals surface area contributed by atoms with E-state index in [1.54, 1.807) is 56.3 Å². The lowest BCUT2D eigenvalue weighted by atomic mass is 9.96. The lowest BCUT2D eigenvalue weighted by Crippen LogP contribution is -2.09. The molecule has 0 aliphatic heterocycles. The molecule has 5 heteroatoms. The van der Waals surface area contributed by atoms with Crippen LogP contribution in [0.2, 0.25) is 0 Å². The fourth-order valence-corrected chi connectivity index (χ4v) is 3.22. The van der Waals surface area contributed by atoms with Crippen LogP contribution in [-0.4, -0.2) is 11.9 Å². The topological polar surface area (TPSA) is 52.6 Å². The molecule has 0 amide bonds. The Kier molecular flexibility index (Phi) is 6.69. The Hall–Kier alpha value is -3.99. The van der Waals surface area contributed by atoms with E-state index in [4.69, 9.17) is 9.47 Å². The molecule has 3 rings (SSSR count). The highest BCUT2D eigenvalue weighted by Crippen LogP contribution is 2.33. The molecule has 32 heavy (non-hydrogen) atoms. The first kappa shape index (κ1) is 22.7. The number of carbonyl (C=O) groups excluding carboxylic acids is 2. The minimum atomic E-state index is -0.539. The largest absolute Gasteiger partial charge is 0.423 e. The Balaban J connectivity index is 1.88. The smallest absolute Gasteiger partial charge is 0.338 e. The highest BCUT2D eigenvalue weighted by atomic mass is 19.1. The summed E-state index contributed by atoms with van der Waals surface area (Å²) >= 11 is 0. The van der Waals surface area contributed by atoms with E-state index in [1.807, 2.05) is 13.0 Å². The molecule has 4 nitrogen and oxygen atoms in total. The van der Waals surface area contributed by atoms with Gasteiger partial charge in [-0.3, -0.25) is 0 Å². The molecule has 0 heterocycles. The van der Waals surface area contributed by atoms with Crippen molar-refractivity contribution < 1.29 is 23.5 Å². The monoisotopic (exact) mass is 430 g/mol. The maximum Gasteiger partial charge on any atom is 0.338 e. The Bertz CT molecular complexity index is 1240. The zero-order chi connectivity index (χ0) is 23.4. The fraction of sp³-hybridized carbons (Fsp3) is 0.111. The molecule has 3 aromatic rings. The average Bonchev–Trinajstić information content (AvgIpc) is 2.75. The number of carbonyl (C=O) groups is 2. The molecule has 0 atom stereocenters. The van der Waals surface area contributed by atoms with Crippen LogP contribution in [0.4, 0.5) is 4.39 Å². The first-order valence-electron chi connectivity index (χ1n) is 9.93. The third-order valence-electron chi connectivity index (χ3n) is 4.90. The summed E-state index contributed by atoms with van der Waals surface area (Å²) in [7, 11) is 0. The summed E-state index contributed by atoms with van der Waals surface area (Å²) in [6, 6.07) is 15.3. The molecular formula is C27H23FO4. The molecule has 0 unspecified atom stereocenters. The second-order valence-electron chi connectivity index (χ2n) is 7.45. The van der Waals surface area contributed by atoms with Crippen molar-refractivity contribution in [1.29, 1.82) is 0 Å². The Morgan fingerprint density at radius 2 is 1.53 bits per heavy atom. The molecular weight excluding hydrogens is 407 g/mol. The van der Waals surface area contributed by atoms with Gasteiger partial charge in [0.05, 0.1) is 0 Å². The van der Waals surface area contributed by atoms with E-state index in [0.717, 1.165) is 17.2 Å². The summed E-state index contributed by atoms with van der Waals surface area (Å²) in [4.78, 5) is 23.1. The number of halogens is 1. The normalized spacial score (nSPS) is 10.4. The Labute approximate surface area is 186 Å². The van der Waals surface area contributed by atoms with Crippen molar-refractivity contribution in [1.82, 2.24) is 0 Å². The summed E-state index contributed by atoms with van der Waals surface area (Å²) < 4.78 is 25.4. The molecule has 3 aromatic carbocycles. The van der Waals surface area contributed by atoms with Crippen molar-refractivity contribution in [2.45, 2.75) is 20.8 Å². The minimum absolute atomic E-state index is 0.303. The van der Waals surface area contributed by atoms with E-state index in [0.29, 0.717) is 39.3 Å². The number of aryl methyl sites for hydroxylation is 2. The Morgan fingerprint density at radius 3 is 2.12 bits per heavy atom. The number of hydrogen-bond donors (Lipinski definition) is 0. The summed E-state index contributed by atoms with van der Waals surface area (Å²) in [6.07, 6.45) is 1.09. The van der Waals surface area contributed by atoms with Crippen LogP contribution in [0.3, 0.4) is 0 Å². The number of rotatable bonds is 6. The van der Waals surface area contributed by atoms with Crippen molar-refractivity contribution in [3.63, 3.8) is 0 Å². The summed E-state index contributed by atoms with van der Waals surface area (Å²) in [5.41, 5.74) is 4.49. The van der Waals surface area contributed by atoms with Gasteiger partial charge in [0.2, 0.25) is 0 Å². The number of benzene rings is 3. The molecule has 0 spiro atoms. The van der Waals surface area contributed by atoms with Gasteiger partial charge in [-0.05, 0) is 78.9 Å². The van der Waals surface area contributed by atoms with Gasteiger partial charge in [0.15, 0.2) is 0 Å². The molecule has 0 radical (unpaired) electrons. The Morgan fingerprint density at radius 1 is 0.875 bits per heavy atom. The third kappa shape index (κ3) is 5.01. The number of ether oxygens (including phenoxy) is 2. The molecule has 0 bridgehead atoms. The van der Waals surface area contributed by atoms with Crippen molar-refractivity contribution in [3.05, 3.63) is 96.3 Å². The van der Waals surface area contributed by atoms with E-state index in [1.165, 1.54) is 6.07 Å². The summed E-state index contributed by atoms with van der Waals surface area (Å²) in [5, 5.41) is 0. The first-order valence-corrected chi connectivity index (χ1v) is 9.93. The van der Waals surface area contributed by atoms with Crippen LogP contribution in [0.15, 0.2) is 79.4 Å². The quantitative estimate of drug-likeness (QED) is 0.260. The molecule has 0 saturated heterocycles. The molecule has 0 aromatic heterocycles. The fourth-order valence-electron chi connectivity index (χ4n) is 3.22. The lowest BCUT2D eigenvalue weighted by Gasteiger charge is -2.12. The predicted octanol–water partition coefficient (Wildman–Crippen LogP) is 6.35. The van der Waals surface area contributed by atoms with Gasteiger partial charge >= 0.3 is 11.9 Å². The van der Waals surface area contributed by atoms with Gasteiger partial charge in [-0.15, -0.1) is 0 Å². The van der Waals surface area contributed by atoms with E-state index in [9.17, 15) is 9.59 Å². The zero-order valence-corrected chi connectivity index (χ0v) is 18.2. The van der Waals surface area contributed by atoms with Gasteiger partial charge in [-0.25, -0.2) is 14.0 Å². The van der Waals surface area contributed by atoms with Crippen LogP contribution in [0, 0.1) is 19.7 Å². The van der Waals surface area contributed by atoms with E-state index in [-0.39, 0.29) is 5.82 Å². The van der Waals surface area contributed by atoms with Gasteiger partial charge in [-0.1, -0.05) is 37.4 Å². The number of esters is 2. The molecule has 162 valence electrons. The minimum Gasteiger partial charge on any atom is -0.423 e. The third-order valence-corrected chi connectivity index (χ3v) is 4.90. The van der Waals surface area contributed by atoms with E-state index < -0.39 is 11.9 Å². The second kappa shape index (κ2) is 9.43. The van der Waals surface area contributed by atoms with Crippen molar-refractivity contribution >= 4 is 11.9 Å². The van der Waals surface area contributed by atoms with Gasteiger partial charge in [0.1, 0.15) is 17.3 Å². The van der Waals surface area contributed by atoms with Crippen LogP contribution in [-0.2, 0) is 9.59 Å². The van der Waals surface area contributed by atoms with Gasteiger partial charge in [-0.2, -0.15) is 0 Å². The van der Waals surface area contributed by atoms with Crippen LogP contribution >= 0.6 is 0 Å². The van der Waals surface area contributed by atoms with Crippen LogP contribution in [0.25, 0.3) is 22.3 Å². The summed E-state index contributed by atoms with van der Waals surface area (Å²) in [6.45, 7) is 12.2. The summed E-state index contributed by atoms with van der Waals surface area (Å²) in [5.74, 6) is -0.613.